The van der Waals surface area contributed by atoms with E-state index < -0.39 is 23.4 Å². The third kappa shape index (κ3) is 7.13. The van der Waals surface area contributed by atoms with E-state index in [1.54, 1.807) is 68.4 Å². The fraction of sp³-hybridized carbons (Fsp3) is 0.160. The van der Waals surface area contributed by atoms with E-state index in [1.165, 1.54) is 18.3 Å². The van der Waals surface area contributed by atoms with Gasteiger partial charge in [0.15, 0.2) is 23.9 Å². The molecule has 0 radical (unpaired) electrons. The molecule has 0 unspecified atom stereocenters. The number of benzene rings is 3. The smallest absolute Gasteiger partial charge is 0.343 e. The first-order valence-corrected chi connectivity index (χ1v) is 10.6. The van der Waals surface area contributed by atoms with Crippen molar-refractivity contribution in [2.75, 3.05) is 13.2 Å². The molecular formula is C25H23N3O7. The summed E-state index contributed by atoms with van der Waals surface area (Å²) in [5, 5.41) is 15.0. The molecule has 0 saturated carbocycles. The summed E-state index contributed by atoms with van der Waals surface area (Å²) >= 11 is 0. The summed E-state index contributed by atoms with van der Waals surface area (Å²) in [4.78, 5) is 34.9. The second kappa shape index (κ2) is 11.9. The van der Waals surface area contributed by atoms with Gasteiger partial charge in [-0.2, -0.15) is 5.10 Å². The number of rotatable bonds is 10. The molecule has 0 aliphatic carbocycles. The van der Waals surface area contributed by atoms with Crippen LogP contribution in [0.1, 0.15) is 28.4 Å². The highest BCUT2D eigenvalue weighted by Crippen LogP contribution is 2.29. The molecule has 0 bridgehead atoms. The van der Waals surface area contributed by atoms with Crippen LogP contribution in [0.3, 0.4) is 0 Å². The Morgan fingerprint density at radius 3 is 2.46 bits per heavy atom. The Morgan fingerprint density at radius 2 is 1.74 bits per heavy atom. The first-order valence-electron chi connectivity index (χ1n) is 10.6. The van der Waals surface area contributed by atoms with Crippen molar-refractivity contribution in [2.45, 2.75) is 13.8 Å². The van der Waals surface area contributed by atoms with Gasteiger partial charge in [0.2, 0.25) is 0 Å². The van der Waals surface area contributed by atoms with Gasteiger partial charge >= 0.3 is 11.7 Å². The molecule has 0 atom stereocenters. The normalized spacial score (nSPS) is 10.6. The summed E-state index contributed by atoms with van der Waals surface area (Å²) in [6.07, 6.45) is 1.37. The van der Waals surface area contributed by atoms with Gasteiger partial charge in [-0.25, -0.2) is 10.2 Å². The molecule has 10 nitrogen and oxygen atoms in total. The van der Waals surface area contributed by atoms with Crippen LogP contribution < -0.4 is 19.6 Å². The van der Waals surface area contributed by atoms with Gasteiger partial charge in [0, 0.05) is 6.07 Å². The number of carbonyl (C=O) groups is 2. The van der Waals surface area contributed by atoms with Crippen LogP contribution in [0.15, 0.2) is 71.8 Å². The second-order valence-corrected chi connectivity index (χ2v) is 7.20. The number of hydrogen-bond donors (Lipinski definition) is 1. The largest absolute Gasteiger partial charge is 0.490 e. The van der Waals surface area contributed by atoms with Crippen molar-refractivity contribution in [3.05, 3.63) is 93.5 Å². The van der Waals surface area contributed by atoms with Gasteiger partial charge < -0.3 is 14.2 Å². The third-order valence-electron chi connectivity index (χ3n) is 4.55. The fourth-order valence-electron chi connectivity index (χ4n) is 2.94. The molecule has 3 aromatic carbocycles. The van der Waals surface area contributed by atoms with Crippen LogP contribution in [0.5, 0.6) is 17.2 Å². The average molecular weight is 477 g/mol. The molecule has 0 saturated heterocycles. The predicted molar refractivity (Wildman–Crippen MR) is 128 cm³/mol. The van der Waals surface area contributed by atoms with Gasteiger partial charge in [-0.15, -0.1) is 0 Å². The number of nitrogens with one attached hydrogen (secondary N) is 1. The maximum absolute atomic E-state index is 12.3. The maximum Gasteiger partial charge on any atom is 0.343 e. The van der Waals surface area contributed by atoms with Crippen LogP contribution in [0.25, 0.3) is 0 Å². The fourth-order valence-corrected chi connectivity index (χ4v) is 2.94. The van der Waals surface area contributed by atoms with E-state index in [-0.39, 0.29) is 17.2 Å². The summed E-state index contributed by atoms with van der Waals surface area (Å²) in [6, 6.07) is 17.8. The highest BCUT2D eigenvalue weighted by Gasteiger charge is 2.16. The minimum Gasteiger partial charge on any atom is -0.490 e. The molecule has 35 heavy (non-hydrogen) atoms. The molecule has 3 aromatic rings. The van der Waals surface area contributed by atoms with E-state index in [2.05, 4.69) is 10.5 Å². The van der Waals surface area contributed by atoms with Crippen LogP contribution >= 0.6 is 0 Å². The molecule has 0 spiro atoms. The Kier molecular flexibility index (Phi) is 8.49. The number of nitrogens with zero attached hydrogens (tertiary/aromatic N) is 2. The molecule has 1 N–H and O–H groups in total. The van der Waals surface area contributed by atoms with Gasteiger partial charge in [0.25, 0.3) is 5.91 Å². The minimum absolute atomic E-state index is 0.0123. The lowest BCUT2D eigenvalue weighted by Gasteiger charge is -2.11. The van der Waals surface area contributed by atoms with E-state index in [4.69, 9.17) is 14.2 Å². The zero-order valence-electron chi connectivity index (χ0n) is 19.1. The number of hydrazone groups is 1. The lowest BCUT2D eigenvalue weighted by Crippen LogP contribution is -2.24. The van der Waals surface area contributed by atoms with E-state index in [9.17, 15) is 19.7 Å². The van der Waals surface area contributed by atoms with Gasteiger partial charge in [-0.1, -0.05) is 24.3 Å². The summed E-state index contributed by atoms with van der Waals surface area (Å²) in [7, 11) is 0. The average Bonchev–Trinajstić information content (AvgIpc) is 2.85. The lowest BCUT2D eigenvalue weighted by molar-refractivity contribution is -0.385. The number of ether oxygens (including phenoxy) is 3. The zero-order valence-corrected chi connectivity index (χ0v) is 19.1. The molecule has 3 rings (SSSR count). The van der Waals surface area contributed by atoms with Gasteiger partial charge in [-0.05, 0) is 61.4 Å². The van der Waals surface area contributed by atoms with Crippen LogP contribution in [0.2, 0.25) is 0 Å². The number of nitro groups is 1. The Hall–Kier alpha value is -4.73. The second-order valence-electron chi connectivity index (χ2n) is 7.20. The molecule has 10 heteroatoms. The Morgan fingerprint density at radius 1 is 1.00 bits per heavy atom. The Balaban J connectivity index is 1.60. The Bertz CT molecular complexity index is 1240. The predicted octanol–water partition coefficient (Wildman–Crippen LogP) is 4.05. The number of esters is 1. The van der Waals surface area contributed by atoms with Gasteiger partial charge in [-0.3, -0.25) is 14.9 Å². The van der Waals surface area contributed by atoms with Crippen molar-refractivity contribution in [1.82, 2.24) is 5.43 Å². The highest BCUT2D eigenvalue weighted by molar-refractivity contribution is 5.91. The monoisotopic (exact) mass is 477 g/mol. The summed E-state index contributed by atoms with van der Waals surface area (Å²) in [6.45, 7) is 3.40. The number of carbonyl (C=O) groups excluding carboxylic acids is 2. The van der Waals surface area contributed by atoms with Crippen LogP contribution in [0, 0.1) is 17.0 Å². The summed E-state index contributed by atoms with van der Waals surface area (Å²) in [5.41, 5.74) is 3.74. The molecule has 0 heterocycles. The standard InChI is InChI=1S/C25H23N3O7/c1-3-33-23-14-18(10-12-22(23)35-25(30)19-7-5-4-6-8-19)15-26-27-24(29)16-34-21-11-9-17(2)13-20(21)28(31)32/h4-15H,3,16H2,1-2H3,(H,27,29)/b26-15-. The van der Waals surface area contributed by atoms with Crippen molar-refractivity contribution in [1.29, 1.82) is 0 Å². The first kappa shape index (κ1) is 24.9. The van der Waals surface area contributed by atoms with Crippen molar-refractivity contribution >= 4 is 23.8 Å². The van der Waals surface area contributed by atoms with E-state index >= 15 is 0 Å². The molecular weight excluding hydrogens is 454 g/mol. The molecule has 0 aliphatic rings. The van der Waals surface area contributed by atoms with E-state index in [0.717, 1.165) is 0 Å². The van der Waals surface area contributed by atoms with Gasteiger partial charge in [0.05, 0.1) is 23.3 Å². The summed E-state index contributed by atoms with van der Waals surface area (Å²) < 4.78 is 16.3. The summed E-state index contributed by atoms with van der Waals surface area (Å²) in [5.74, 6) is -0.553. The van der Waals surface area contributed by atoms with Crippen LogP contribution in [0.4, 0.5) is 5.69 Å². The lowest BCUT2D eigenvalue weighted by atomic mass is 10.2. The quantitative estimate of drug-likeness (QED) is 0.153. The molecule has 180 valence electrons. The van der Waals surface area contributed by atoms with Crippen molar-refractivity contribution in [3.63, 3.8) is 0 Å². The number of nitro benzene ring substituents is 1. The minimum atomic E-state index is -0.602. The van der Waals surface area contributed by atoms with Crippen molar-refractivity contribution < 1.29 is 28.7 Å². The van der Waals surface area contributed by atoms with E-state index in [1.807, 2.05) is 0 Å². The molecule has 0 fully saturated rings. The van der Waals surface area contributed by atoms with Gasteiger partial charge in [0.1, 0.15) is 0 Å². The number of hydrogen-bond acceptors (Lipinski definition) is 8. The van der Waals surface area contributed by atoms with Crippen LogP contribution in [-0.2, 0) is 4.79 Å². The molecule has 0 aromatic heterocycles. The zero-order chi connectivity index (χ0) is 25.2. The topological polar surface area (TPSA) is 129 Å². The first-order chi connectivity index (χ1) is 16.9. The van der Waals surface area contributed by atoms with Crippen LogP contribution in [-0.4, -0.2) is 36.2 Å². The maximum atomic E-state index is 12.3. The third-order valence-corrected chi connectivity index (χ3v) is 4.55. The highest BCUT2D eigenvalue weighted by atomic mass is 16.6. The molecule has 0 aliphatic heterocycles. The molecule has 1 amide bonds. The Labute approximate surface area is 201 Å². The van der Waals surface area contributed by atoms with Crippen molar-refractivity contribution in [3.8, 4) is 17.2 Å². The number of amides is 1. The number of aryl methyl sites for hydroxylation is 1. The van der Waals surface area contributed by atoms with Crippen molar-refractivity contribution in [2.24, 2.45) is 5.10 Å². The van der Waals surface area contributed by atoms with E-state index in [0.29, 0.717) is 29.0 Å². The SMILES string of the molecule is CCOc1cc(/C=N\NC(=O)COc2ccc(C)cc2[N+](=O)[O-])ccc1OC(=O)c1ccccc1.